The molecule has 0 radical (unpaired) electrons. The van der Waals surface area contributed by atoms with Crippen LogP contribution in [0.5, 0.6) is 5.75 Å². The standard InChI is InChI=1S/C15H23N3O3/c1-15(20)6-8-18(10-15)7-5-14(19)17-12-4-3-11(16)9-13(12)21-2/h3-4,9,20H,5-8,10,16H2,1-2H3,(H,17,19). The third kappa shape index (κ3) is 4.34. The average Bonchev–Trinajstić information content (AvgIpc) is 2.78. The van der Waals surface area contributed by atoms with E-state index in [1.54, 1.807) is 18.2 Å². The third-order valence-corrected chi connectivity index (χ3v) is 3.69. The second-order valence-electron chi connectivity index (χ2n) is 5.78. The number of likely N-dealkylation sites (tertiary alicyclic amines) is 1. The van der Waals surface area contributed by atoms with Gasteiger partial charge in [0.05, 0.1) is 18.4 Å². The second-order valence-corrected chi connectivity index (χ2v) is 5.78. The maximum Gasteiger partial charge on any atom is 0.225 e. The minimum atomic E-state index is -0.628. The highest BCUT2D eigenvalue weighted by Crippen LogP contribution is 2.26. The number of nitrogen functional groups attached to an aromatic ring is 1. The smallest absolute Gasteiger partial charge is 0.225 e. The molecule has 116 valence electrons. The number of methoxy groups -OCH3 is 1. The fraction of sp³-hybridized carbons (Fsp3) is 0.533. The van der Waals surface area contributed by atoms with Crippen LogP contribution in [0.1, 0.15) is 19.8 Å². The third-order valence-electron chi connectivity index (χ3n) is 3.69. The van der Waals surface area contributed by atoms with Gasteiger partial charge in [0.25, 0.3) is 0 Å². The maximum atomic E-state index is 12.0. The van der Waals surface area contributed by atoms with Gasteiger partial charge < -0.3 is 20.9 Å². The highest BCUT2D eigenvalue weighted by molar-refractivity contribution is 5.92. The molecule has 1 heterocycles. The number of ether oxygens (including phenoxy) is 1. The minimum absolute atomic E-state index is 0.0791. The summed E-state index contributed by atoms with van der Waals surface area (Å²) in [5.41, 5.74) is 6.25. The average molecular weight is 293 g/mol. The first-order valence-electron chi connectivity index (χ1n) is 7.08. The summed E-state index contributed by atoms with van der Waals surface area (Å²) >= 11 is 0. The summed E-state index contributed by atoms with van der Waals surface area (Å²) in [6, 6.07) is 5.12. The molecule has 1 aliphatic rings. The van der Waals surface area contributed by atoms with Crippen LogP contribution < -0.4 is 15.8 Å². The highest BCUT2D eigenvalue weighted by Gasteiger charge is 2.31. The van der Waals surface area contributed by atoms with Crippen LogP contribution in [0.4, 0.5) is 11.4 Å². The molecule has 1 fully saturated rings. The van der Waals surface area contributed by atoms with E-state index >= 15 is 0 Å². The van der Waals surface area contributed by atoms with Crippen LogP contribution in [-0.2, 0) is 4.79 Å². The number of carbonyl (C=O) groups is 1. The molecular formula is C15H23N3O3. The second kappa shape index (κ2) is 6.32. The van der Waals surface area contributed by atoms with Gasteiger partial charge in [-0.2, -0.15) is 0 Å². The molecule has 1 aromatic rings. The van der Waals surface area contributed by atoms with Gasteiger partial charge in [-0.3, -0.25) is 9.69 Å². The number of nitrogens with zero attached hydrogens (tertiary/aromatic N) is 1. The number of carbonyl (C=O) groups excluding carboxylic acids is 1. The molecule has 0 bridgehead atoms. The number of aliphatic hydroxyl groups is 1. The molecule has 21 heavy (non-hydrogen) atoms. The zero-order chi connectivity index (χ0) is 15.5. The number of benzene rings is 1. The summed E-state index contributed by atoms with van der Waals surface area (Å²) < 4.78 is 5.19. The lowest BCUT2D eigenvalue weighted by atomic mass is 10.1. The lowest BCUT2D eigenvalue weighted by molar-refractivity contribution is -0.116. The van der Waals surface area contributed by atoms with Crippen LogP contribution in [-0.4, -0.2) is 48.3 Å². The van der Waals surface area contributed by atoms with Crippen LogP contribution >= 0.6 is 0 Å². The number of amides is 1. The van der Waals surface area contributed by atoms with Crippen molar-refractivity contribution in [3.8, 4) is 5.75 Å². The van der Waals surface area contributed by atoms with Gasteiger partial charge >= 0.3 is 0 Å². The van der Waals surface area contributed by atoms with Gasteiger partial charge in [-0.25, -0.2) is 0 Å². The minimum Gasteiger partial charge on any atom is -0.494 e. The Balaban J connectivity index is 1.85. The molecule has 0 aromatic heterocycles. The molecule has 6 nitrogen and oxygen atoms in total. The van der Waals surface area contributed by atoms with Crippen LogP contribution in [0.2, 0.25) is 0 Å². The predicted octanol–water partition coefficient (Wildman–Crippen LogP) is 1.06. The summed E-state index contributed by atoms with van der Waals surface area (Å²) in [5.74, 6) is 0.470. The van der Waals surface area contributed by atoms with Crippen molar-refractivity contribution in [1.29, 1.82) is 0 Å². The van der Waals surface area contributed by atoms with E-state index in [0.29, 0.717) is 36.6 Å². The van der Waals surface area contributed by atoms with Gasteiger partial charge in [0, 0.05) is 37.8 Å². The summed E-state index contributed by atoms with van der Waals surface area (Å²) in [4.78, 5) is 14.1. The summed E-state index contributed by atoms with van der Waals surface area (Å²) in [5, 5.41) is 12.7. The van der Waals surface area contributed by atoms with E-state index in [1.165, 1.54) is 7.11 Å². The Morgan fingerprint density at radius 1 is 1.57 bits per heavy atom. The molecule has 1 aliphatic heterocycles. The summed E-state index contributed by atoms with van der Waals surface area (Å²) in [6.45, 7) is 3.91. The van der Waals surface area contributed by atoms with Crippen LogP contribution in [0.15, 0.2) is 18.2 Å². The van der Waals surface area contributed by atoms with Gasteiger partial charge in [0.2, 0.25) is 5.91 Å². The Kier molecular flexibility index (Phi) is 4.69. The zero-order valence-electron chi connectivity index (χ0n) is 12.6. The van der Waals surface area contributed by atoms with Gasteiger partial charge in [0.15, 0.2) is 0 Å². The Morgan fingerprint density at radius 2 is 2.33 bits per heavy atom. The van der Waals surface area contributed by atoms with Crippen molar-refractivity contribution in [3.05, 3.63) is 18.2 Å². The van der Waals surface area contributed by atoms with E-state index in [-0.39, 0.29) is 5.91 Å². The van der Waals surface area contributed by atoms with Crippen molar-refractivity contribution in [3.63, 3.8) is 0 Å². The fourth-order valence-electron chi connectivity index (χ4n) is 2.51. The number of nitrogens with one attached hydrogen (secondary N) is 1. The molecule has 0 spiro atoms. The maximum absolute atomic E-state index is 12.0. The largest absolute Gasteiger partial charge is 0.494 e. The zero-order valence-corrected chi connectivity index (χ0v) is 12.6. The first-order chi connectivity index (χ1) is 9.89. The van der Waals surface area contributed by atoms with E-state index in [1.807, 2.05) is 6.92 Å². The first kappa shape index (κ1) is 15.6. The molecule has 0 saturated carbocycles. The first-order valence-corrected chi connectivity index (χ1v) is 7.08. The monoisotopic (exact) mass is 293 g/mol. The van der Waals surface area contributed by atoms with Gasteiger partial charge in [-0.15, -0.1) is 0 Å². The summed E-state index contributed by atoms with van der Waals surface area (Å²) in [7, 11) is 1.54. The predicted molar refractivity (Wildman–Crippen MR) is 82.3 cm³/mol. The van der Waals surface area contributed by atoms with E-state index < -0.39 is 5.60 Å². The number of β-amino-alcohol motifs (C(OH)–C–C–N with tert-alkyl or cyclic N) is 1. The lowest BCUT2D eigenvalue weighted by Crippen LogP contribution is -2.31. The van der Waals surface area contributed by atoms with Crippen molar-refractivity contribution < 1.29 is 14.6 Å². The Bertz CT molecular complexity index is 517. The number of nitrogens with two attached hydrogens (primary N) is 1. The molecule has 1 atom stereocenters. The van der Waals surface area contributed by atoms with Gasteiger partial charge in [0.1, 0.15) is 5.75 Å². The normalized spacial score (nSPS) is 22.2. The van der Waals surface area contributed by atoms with Crippen LogP contribution in [0.3, 0.4) is 0 Å². The molecule has 1 amide bonds. The Morgan fingerprint density at radius 3 is 2.95 bits per heavy atom. The number of anilines is 2. The van der Waals surface area contributed by atoms with Crippen LogP contribution in [0.25, 0.3) is 0 Å². The highest BCUT2D eigenvalue weighted by atomic mass is 16.5. The Hall–Kier alpha value is -1.79. The molecule has 1 unspecified atom stereocenters. The molecule has 1 saturated heterocycles. The van der Waals surface area contributed by atoms with E-state index in [2.05, 4.69) is 10.2 Å². The van der Waals surface area contributed by atoms with E-state index in [4.69, 9.17) is 10.5 Å². The SMILES string of the molecule is COc1cc(N)ccc1NC(=O)CCN1CCC(C)(O)C1. The molecular weight excluding hydrogens is 270 g/mol. The quantitative estimate of drug-likeness (QED) is 0.707. The van der Waals surface area contributed by atoms with Gasteiger partial charge in [-0.05, 0) is 25.5 Å². The van der Waals surface area contributed by atoms with Crippen molar-refractivity contribution >= 4 is 17.3 Å². The molecule has 6 heteroatoms. The topological polar surface area (TPSA) is 87.8 Å². The summed E-state index contributed by atoms with van der Waals surface area (Å²) in [6.07, 6.45) is 1.13. The number of rotatable bonds is 5. The van der Waals surface area contributed by atoms with Crippen molar-refractivity contribution in [2.24, 2.45) is 0 Å². The van der Waals surface area contributed by atoms with E-state index in [0.717, 1.165) is 13.0 Å². The fourth-order valence-corrected chi connectivity index (χ4v) is 2.51. The molecule has 1 aromatic carbocycles. The number of hydrogen-bond donors (Lipinski definition) is 3. The van der Waals surface area contributed by atoms with Crippen molar-refractivity contribution in [1.82, 2.24) is 4.90 Å². The lowest BCUT2D eigenvalue weighted by Gasteiger charge is -2.18. The molecule has 4 N–H and O–H groups in total. The van der Waals surface area contributed by atoms with Crippen molar-refractivity contribution in [2.45, 2.75) is 25.4 Å². The molecule has 0 aliphatic carbocycles. The molecule has 2 rings (SSSR count). The van der Waals surface area contributed by atoms with Crippen LogP contribution in [0, 0.1) is 0 Å². The van der Waals surface area contributed by atoms with Gasteiger partial charge in [-0.1, -0.05) is 0 Å². The number of hydrogen-bond acceptors (Lipinski definition) is 5. The Labute approximate surface area is 124 Å². The van der Waals surface area contributed by atoms with Crippen molar-refractivity contribution in [2.75, 3.05) is 37.8 Å². The van der Waals surface area contributed by atoms with E-state index in [9.17, 15) is 9.90 Å².